The Bertz CT molecular complexity index is 1180. The second kappa shape index (κ2) is 11.3. The molecule has 6 nitrogen and oxygen atoms in total. The van der Waals surface area contributed by atoms with Gasteiger partial charge in [-0.3, -0.25) is 4.79 Å². The first-order valence-corrected chi connectivity index (χ1v) is 11.7. The van der Waals surface area contributed by atoms with Crippen molar-refractivity contribution in [1.82, 2.24) is 20.2 Å². The first-order chi connectivity index (χ1) is 16.7. The van der Waals surface area contributed by atoms with E-state index in [-0.39, 0.29) is 5.91 Å². The first-order valence-electron chi connectivity index (χ1n) is 11.7. The molecule has 1 amide bonds. The Morgan fingerprint density at radius 3 is 2.21 bits per heavy atom. The molecule has 34 heavy (non-hydrogen) atoms. The molecule has 0 saturated heterocycles. The van der Waals surface area contributed by atoms with E-state index in [4.69, 9.17) is 4.74 Å². The summed E-state index contributed by atoms with van der Waals surface area (Å²) in [6.07, 6.45) is 1.81. The van der Waals surface area contributed by atoms with Crippen LogP contribution in [0.15, 0.2) is 85.1 Å². The number of rotatable bonds is 10. The largest absolute Gasteiger partial charge is 0.457 e. The Balaban J connectivity index is 1.36. The van der Waals surface area contributed by atoms with Crippen molar-refractivity contribution in [3.63, 3.8) is 0 Å². The van der Waals surface area contributed by atoms with Gasteiger partial charge >= 0.3 is 0 Å². The Hall–Kier alpha value is -3.90. The van der Waals surface area contributed by atoms with E-state index in [1.807, 2.05) is 85.1 Å². The third kappa shape index (κ3) is 5.91. The third-order valence-corrected chi connectivity index (χ3v) is 5.75. The van der Waals surface area contributed by atoms with Crippen LogP contribution in [0.3, 0.4) is 0 Å². The molecule has 0 aliphatic rings. The van der Waals surface area contributed by atoms with E-state index in [9.17, 15) is 4.79 Å². The maximum Gasteiger partial charge on any atom is 0.251 e. The number of H-pyrrole nitrogens is 1. The number of hydrogen-bond donors (Lipinski definition) is 2. The van der Waals surface area contributed by atoms with Gasteiger partial charge in [0.15, 0.2) is 0 Å². The van der Waals surface area contributed by atoms with Gasteiger partial charge in [-0.25, -0.2) is 4.98 Å². The molecule has 4 aromatic rings. The predicted octanol–water partition coefficient (Wildman–Crippen LogP) is 5.61. The van der Waals surface area contributed by atoms with Crippen LogP contribution in [0.5, 0.6) is 11.5 Å². The summed E-state index contributed by atoms with van der Waals surface area (Å²) in [6.45, 7) is 7.72. The van der Waals surface area contributed by atoms with Crippen LogP contribution in [-0.2, 0) is 0 Å². The molecule has 1 heterocycles. The van der Waals surface area contributed by atoms with E-state index in [1.54, 1.807) is 0 Å². The molecule has 6 heteroatoms. The Kier molecular flexibility index (Phi) is 7.73. The van der Waals surface area contributed by atoms with Gasteiger partial charge < -0.3 is 19.9 Å². The van der Waals surface area contributed by atoms with Crippen LogP contribution in [0.1, 0.15) is 24.2 Å². The summed E-state index contributed by atoms with van der Waals surface area (Å²) in [4.78, 5) is 22.6. The number of amides is 1. The normalized spacial score (nSPS) is 10.9. The number of aromatic amines is 1. The smallest absolute Gasteiger partial charge is 0.251 e. The van der Waals surface area contributed by atoms with Crippen LogP contribution < -0.4 is 10.1 Å². The number of ether oxygens (including phenoxy) is 1. The Morgan fingerprint density at radius 1 is 0.882 bits per heavy atom. The third-order valence-electron chi connectivity index (χ3n) is 5.75. The van der Waals surface area contributed by atoms with Crippen molar-refractivity contribution in [2.24, 2.45) is 0 Å². The van der Waals surface area contributed by atoms with Gasteiger partial charge in [-0.15, -0.1) is 0 Å². The van der Waals surface area contributed by atoms with Gasteiger partial charge in [0.25, 0.3) is 5.91 Å². The highest BCUT2D eigenvalue weighted by atomic mass is 16.5. The Morgan fingerprint density at radius 2 is 1.53 bits per heavy atom. The predicted molar refractivity (Wildman–Crippen MR) is 136 cm³/mol. The van der Waals surface area contributed by atoms with Crippen LogP contribution >= 0.6 is 0 Å². The molecule has 0 fully saturated rings. The number of carbonyl (C=O) groups excluding carboxylic acids is 1. The van der Waals surface area contributed by atoms with Crippen molar-refractivity contribution < 1.29 is 9.53 Å². The number of aromatic nitrogens is 2. The fraction of sp³-hybridized carbons (Fsp3) is 0.214. The summed E-state index contributed by atoms with van der Waals surface area (Å²) in [5.41, 5.74) is 3.49. The van der Waals surface area contributed by atoms with Gasteiger partial charge in [0.2, 0.25) is 0 Å². The molecule has 3 aromatic carbocycles. The molecule has 174 valence electrons. The molecule has 0 unspecified atom stereocenters. The zero-order chi connectivity index (χ0) is 23.8. The first kappa shape index (κ1) is 23.3. The second-order valence-electron chi connectivity index (χ2n) is 7.95. The van der Waals surface area contributed by atoms with E-state index in [2.05, 4.69) is 34.0 Å². The van der Waals surface area contributed by atoms with E-state index >= 15 is 0 Å². The number of carbonyl (C=O) groups is 1. The van der Waals surface area contributed by atoms with Crippen molar-refractivity contribution in [2.45, 2.75) is 13.8 Å². The highest BCUT2D eigenvalue weighted by molar-refractivity contribution is 5.94. The quantitative estimate of drug-likeness (QED) is 0.327. The number of para-hydroxylation sites is 1. The maximum absolute atomic E-state index is 12.4. The van der Waals surface area contributed by atoms with Gasteiger partial charge in [-0.05, 0) is 67.2 Å². The van der Waals surface area contributed by atoms with E-state index in [0.29, 0.717) is 12.1 Å². The second-order valence-corrected chi connectivity index (χ2v) is 7.95. The van der Waals surface area contributed by atoms with Crippen LogP contribution in [-0.4, -0.2) is 47.0 Å². The van der Waals surface area contributed by atoms with Crippen molar-refractivity contribution in [3.8, 4) is 34.1 Å². The van der Waals surface area contributed by atoms with Gasteiger partial charge in [-0.1, -0.05) is 44.2 Å². The van der Waals surface area contributed by atoms with Gasteiger partial charge in [-0.2, -0.15) is 0 Å². The highest BCUT2D eigenvalue weighted by Gasteiger charge is 2.09. The topological polar surface area (TPSA) is 70.2 Å². The summed E-state index contributed by atoms with van der Waals surface area (Å²) in [6, 6.07) is 25.1. The summed E-state index contributed by atoms with van der Waals surface area (Å²) < 4.78 is 5.86. The van der Waals surface area contributed by atoms with Crippen molar-refractivity contribution in [1.29, 1.82) is 0 Å². The average Bonchev–Trinajstić information content (AvgIpc) is 3.38. The summed E-state index contributed by atoms with van der Waals surface area (Å²) in [5, 5.41) is 2.99. The van der Waals surface area contributed by atoms with E-state index < -0.39 is 0 Å². The number of nitrogens with one attached hydrogen (secondary N) is 2. The summed E-state index contributed by atoms with van der Waals surface area (Å²) in [5.74, 6) is 2.30. The molecule has 0 saturated carbocycles. The van der Waals surface area contributed by atoms with E-state index in [1.165, 1.54) is 0 Å². The zero-order valence-corrected chi connectivity index (χ0v) is 19.6. The Labute approximate surface area is 200 Å². The molecule has 0 bridgehead atoms. The molecule has 0 spiro atoms. The van der Waals surface area contributed by atoms with Crippen molar-refractivity contribution >= 4 is 5.91 Å². The van der Waals surface area contributed by atoms with Crippen molar-refractivity contribution in [3.05, 3.63) is 90.6 Å². The summed E-state index contributed by atoms with van der Waals surface area (Å²) >= 11 is 0. The minimum absolute atomic E-state index is 0.0539. The fourth-order valence-corrected chi connectivity index (χ4v) is 3.69. The molecule has 2 N–H and O–H groups in total. The average molecular weight is 455 g/mol. The molecular formula is C28H30N4O2. The minimum Gasteiger partial charge on any atom is -0.457 e. The van der Waals surface area contributed by atoms with E-state index in [0.717, 1.165) is 53.8 Å². The fourth-order valence-electron chi connectivity index (χ4n) is 3.69. The van der Waals surface area contributed by atoms with Crippen LogP contribution in [0.2, 0.25) is 0 Å². The van der Waals surface area contributed by atoms with Gasteiger partial charge in [0, 0.05) is 24.2 Å². The van der Waals surface area contributed by atoms with Crippen molar-refractivity contribution in [2.75, 3.05) is 26.2 Å². The number of benzene rings is 3. The molecule has 1 aromatic heterocycles. The standard InChI is InChI=1S/C28H30N4O2/c1-3-32(4-2)19-18-29-28(33)23-12-10-21(11-13-23)26-20-30-27(31-26)22-14-16-25(17-15-22)34-24-8-6-5-7-9-24/h5-17,20H,3-4,18-19H2,1-2H3,(H,29,33)(H,30,31). The lowest BCUT2D eigenvalue weighted by Gasteiger charge is -2.17. The monoisotopic (exact) mass is 454 g/mol. The summed E-state index contributed by atoms with van der Waals surface area (Å²) in [7, 11) is 0. The molecule has 0 aliphatic carbocycles. The maximum atomic E-state index is 12.4. The molecular weight excluding hydrogens is 424 g/mol. The zero-order valence-electron chi connectivity index (χ0n) is 19.6. The van der Waals surface area contributed by atoms with Crippen LogP contribution in [0, 0.1) is 0 Å². The lowest BCUT2D eigenvalue weighted by atomic mass is 10.1. The highest BCUT2D eigenvalue weighted by Crippen LogP contribution is 2.26. The number of hydrogen-bond acceptors (Lipinski definition) is 4. The van der Waals surface area contributed by atoms with Crippen LogP contribution in [0.25, 0.3) is 22.6 Å². The molecule has 0 radical (unpaired) electrons. The SMILES string of the molecule is CCN(CC)CCNC(=O)c1ccc(-c2cnc(-c3ccc(Oc4ccccc4)cc3)[nH]2)cc1. The molecule has 0 atom stereocenters. The lowest BCUT2D eigenvalue weighted by Crippen LogP contribution is -2.34. The van der Waals surface area contributed by atoms with Crippen LogP contribution in [0.4, 0.5) is 0 Å². The minimum atomic E-state index is -0.0539. The molecule has 0 aliphatic heterocycles. The van der Waals surface area contributed by atoms with Gasteiger partial charge in [0.1, 0.15) is 17.3 Å². The lowest BCUT2D eigenvalue weighted by molar-refractivity contribution is 0.0949. The number of imidazole rings is 1. The van der Waals surface area contributed by atoms with Gasteiger partial charge in [0.05, 0.1) is 11.9 Å². The number of likely N-dealkylation sites (N-methyl/N-ethyl adjacent to an activating group) is 1. The number of nitrogens with zero attached hydrogens (tertiary/aromatic N) is 2. The molecule has 4 rings (SSSR count).